The molecule has 1 aliphatic rings. The Morgan fingerprint density at radius 3 is 2.78 bits per heavy atom. The van der Waals surface area contributed by atoms with Gasteiger partial charge in [0.05, 0.1) is 7.11 Å². The van der Waals surface area contributed by atoms with Crippen LogP contribution in [-0.2, 0) is 16.0 Å². The molecule has 0 radical (unpaired) electrons. The molecule has 1 aliphatic heterocycles. The maximum absolute atomic E-state index is 11.6. The smallest absolute Gasteiger partial charge is 0.336 e. The van der Waals surface area contributed by atoms with Crippen molar-refractivity contribution in [3.05, 3.63) is 54.1 Å². The van der Waals surface area contributed by atoms with Crippen LogP contribution in [0, 0.1) is 0 Å². The van der Waals surface area contributed by atoms with E-state index in [2.05, 4.69) is 0 Å². The summed E-state index contributed by atoms with van der Waals surface area (Å²) in [6.07, 6.45) is 1.73. The average molecular weight is 312 g/mol. The Bertz CT molecular complexity index is 702. The summed E-state index contributed by atoms with van der Waals surface area (Å²) >= 11 is 0. The summed E-state index contributed by atoms with van der Waals surface area (Å²) in [5, 5.41) is 9.55. The van der Waals surface area contributed by atoms with Crippen molar-refractivity contribution in [2.45, 2.75) is 24.9 Å². The van der Waals surface area contributed by atoms with Crippen LogP contribution in [0.25, 0.3) is 11.1 Å². The predicted octanol–water partition coefficient (Wildman–Crippen LogP) is 3.54. The molecule has 1 N–H and O–H groups in total. The summed E-state index contributed by atoms with van der Waals surface area (Å²) in [5.41, 5.74) is 1.88. The number of carboxylic acids is 1. The van der Waals surface area contributed by atoms with Gasteiger partial charge < -0.3 is 14.6 Å². The SMILES string of the molecule is COc1ccccc1-c1cccc(C[C@@]2(C(=O)O)CCCO2)c1. The number of rotatable bonds is 5. The van der Waals surface area contributed by atoms with Crippen molar-refractivity contribution in [1.82, 2.24) is 0 Å². The molecule has 23 heavy (non-hydrogen) atoms. The van der Waals surface area contributed by atoms with Crippen LogP contribution in [0.5, 0.6) is 5.75 Å². The normalized spacial score (nSPS) is 20.4. The van der Waals surface area contributed by atoms with Crippen molar-refractivity contribution < 1.29 is 19.4 Å². The van der Waals surface area contributed by atoms with E-state index in [0.717, 1.165) is 28.9 Å². The molecule has 1 atom stereocenters. The number of carboxylic acid groups (broad SMARTS) is 1. The molecule has 0 saturated carbocycles. The molecule has 4 nitrogen and oxygen atoms in total. The topological polar surface area (TPSA) is 55.8 Å². The maximum Gasteiger partial charge on any atom is 0.336 e. The summed E-state index contributed by atoms with van der Waals surface area (Å²) in [4.78, 5) is 11.6. The van der Waals surface area contributed by atoms with Gasteiger partial charge in [0.1, 0.15) is 5.75 Å². The van der Waals surface area contributed by atoms with E-state index >= 15 is 0 Å². The molecule has 1 heterocycles. The summed E-state index contributed by atoms with van der Waals surface area (Å²) in [6, 6.07) is 15.7. The largest absolute Gasteiger partial charge is 0.496 e. The number of hydrogen-bond acceptors (Lipinski definition) is 3. The van der Waals surface area contributed by atoms with E-state index in [0.29, 0.717) is 19.4 Å². The van der Waals surface area contributed by atoms with Crippen LogP contribution in [0.2, 0.25) is 0 Å². The molecular weight excluding hydrogens is 292 g/mol. The first-order chi connectivity index (χ1) is 11.1. The lowest BCUT2D eigenvalue weighted by Crippen LogP contribution is -2.40. The first kappa shape index (κ1) is 15.6. The average Bonchev–Trinajstić information content (AvgIpc) is 3.05. The number of ether oxygens (including phenoxy) is 2. The van der Waals surface area contributed by atoms with Crippen molar-refractivity contribution in [3.63, 3.8) is 0 Å². The molecule has 0 spiro atoms. The molecule has 0 aromatic heterocycles. The lowest BCUT2D eigenvalue weighted by atomic mass is 9.90. The molecule has 3 rings (SSSR count). The third-order valence-electron chi connectivity index (χ3n) is 4.33. The predicted molar refractivity (Wildman–Crippen MR) is 87.7 cm³/mol. The van der Waals surface area contributed by atoms with Crippen LogP contribution in [-0.4, -0.2) is 30.4 Å². The lowest BCUT2D eigenvalue weighted by molar-refractivity contribution is -0.159. The Balaban J connectivity index is 1.93. The van der Waals surface area contributed by atoms with Crippen molar-refractivity contribution in [3.8, 4) is 16.9 Å². The van der Waals surface area contributed by atoms with Gasteiger partial charge in [-0.15, -0.1) is 0 Å². The fourth-order valence-electron chi connectivity index (χ4n) is 3.14. The molecule has 2 aromatic rings. The second-order valence-corrected chi connectivity index (χ2v) is 5.83. The summed E-state index contributed by atoms with van der Waals surface area (Å²) in [6.45, 7) is 0.512. The molecule has 1 fully saturated rings. The van der Waals surface area contributed by atoms with E-state index in [1.807, 2.05) is 48.5 Å². The summed E-state index contributed by atoms with van der Waals surface area (Å²) < 4.78 is 11.0. The van der Waals surface area contributed by atoms with Gasteiger partial charge in [-0.25, -0.2) is 4.79 Å². The zero-order chi connectivity index (χ0) is 16.3. The Kier molecular flexibility index (Phi) is 4.35. The minimum Gasteiger partial charge on any atom is -0.496 e. The fraction of sp³-hybridized carbons (Fsp3) is 0.316. The highest BCUT2D eigenvalue weighted by Crippen LogP contribution is 2.33. The zero-order valence-corrected chi connectivity index (χ0v) is 13.1. The minimum absolute atomic E-state index is 0.380. The fourth-order valence-corrected chi connectivity index (χ4v) is 3.14. The molecule has 1 saturated heterocycles. The van der Waals surface area contributed by atoms with Crippen LogP contribution in [0.3, 0.4) is 0 Å². The van der Waals surface area contributed by atoms with Gasteiger partial charge in [-0.05, 0) is 30.0 Å². The second-order valence-electron chi connectivity index (χ2n) is 5.83. The third kappa shape index (κ3) is 3.08. The van der Waals surface area contributed by atoms with Crippen LogP contribution in [0.1, 0.15) is 18.4 Å². The quantitative estimate of drug-likeness (QED) is 0.917. The van der Waals surface area contributed by atoms with Crippen LogP contribution < -0.4 is 4.74 Å². The first-order valence-electron chi connectivity index (χ1n) is 7.74. The number of aliphatic carboxylic acids is 1. The van der Waals surface area contributed by atoms with Gasteiger partial charge in [-0.2, -0.15) is 0 Å². The maximum atomic E-state index is 11.6. The Labute approximate surface area is 135 Å². The van der Waals surface area contributed by atoms with E-state index in [-0.39, 0.29) is 0 Å². The van der Waals surface area contributed by atoms with Crippen molar-refractivity contribution in [2.75, 3.05) is 13.7 Å². The number of hydrogen-bond donors (Lipinski definition) is 1. The second kappa shape index (κ2) is 6.42. The van der Waals surface area contributed by atoms with Crippen LogP contribution in [0.15, 0.2) is 48.5 Å². The Hall–Kier alpha value is -2.33. The Morgan fingerprint density at radius 2 is 2.09 bits per heavy atom. The van der Waals surface area contributed by atoms with E-state index in [1.54, 1.807) is 7.11 Å². The number of carbonyl (C=O) groups is 1. The van der Waals surface area contributed by atoms with Crippen molar-refractivity contribution in [1.29, 1.82) is 0 Å². The highest BCUT2D eigenvalue weighted by molar-refractivity contribution is 5.78. The summed E-state index contributed by atoms with van der Waals surface area (Å²) in [5.74, 6) is -0.0765. The van der Waals surface area contributed by atoms with Crippen molar-refractivity contribution >= 4 is 5.97 Å². The van der Waals surface area contributed by atoms with Crippen LogP contribution in [0.4, 0.5) is 0 Å². The van der Waals surface area contributed by atoms with Gasteiger partial charge in [0, 0.05) is 18.6 Å². The lowest BCUT2D eigenvalue weighted by Gasteiger charge is -2.23. The highest BCUT2D eigenvalue weighted by atomic mass is 16.5. The molecule has 0 bridgehead atoms. The first-order valence-corrected chi connectivity index (χ1v) is 7.74. The zero-order valence-electron chi connectivity index (χ0n) is 13.1. The van der Waals surface area contributed by atoms with Gasteiger partial charge in [0.15, 0.2) is 5.60 Å². The molecule has 120 valence electrons. The van der Waals surface area contributed by atoms with E-state index in [9.17, 15) is 9.90 Å². The number of para-hydroxylation sites is 1. The van der Waals surface area contributed by atoms with Gasteiger partial charge in [-0.1, -0.05) is 42.5 Å². The van der Waals surface area contributed by atoms with Gasteiger partial charge in [0.25, 0.3) is 0 Å². The molecule has 4 heteroatoms. The molecule has 2 aromatic carbocycles. The van der Waals surface area contributed by atoms with Crippen LogP contribution >= 0.6 is 0 Å². The van der Waals surface area contributed by atoms with E-state index in [4.69, 9.17) is 9.47 Å². The third-order valence-corrected chi connectivity index (χ3v) is 4.33. The molecule has 0 amide bonds. The standard InChI is InChI=1S/C19H20O4/c1-22-17-9-3-2-8-16(17)15-7-4-6-14(12-15)13-19(18(20)21)10-5-11-23-19/h2-4,6-9,12H,5,10-11,13H2,1H3,(H,20,21)/t19-/m1/s1. The number of benzene rings is 2. The van der Waals surface area contributed by atoms with E-state index in [1.165, 1.54) is 0 Å². The van der Waals surface area contributed by atoms with Gasteiger partial charge >= 0.3 is 5.97 Å². The summed E-state index contributed by atoms with van der Waals surface area (Å²) in [7, 11) is 1.65. The Morgan fingerprint density at radius 1 is 1.26 bits per heavy atom. The molecular formula is C19H20O4. The minimum atomic E-state index is -1.08. The molecule has 0 aliphatic carbocycles. The monoisotopic (exact) mass is 312 g/mol. The van der Waals surface area contributed by atoms with Gasteiger partial charge in [0.2, 0.25) is 0 Å². The number of methoxy groups -OCH3 is 1. The highest BCUT2D eigenvalue weighted by Gasteiger charge is 2.42. The van der Waals surface area contributed by atoms with E-state index < -0.39 is 11.6 Å². The van der Waals surface area contributed by atoms with Crippen molar-refractivity contribution in [2.24, 2.45) is 0 Å². The van der Waals surface area contributed by atoms with Gasteiger partial charge in [-0.3, -0.25) is 0 Å². The molecule has 0 unspecified atom stereocenters.